The van der Waals surface area contributed by atoms with Gasteiger partial charge in [-0.1, -0.05) is 241 Å². The first-order chi connectivity index (χ1) is 35.0. The molecule has 0 aliphatic heterocycles. The molecule has 0 saturated carbocycles. The van der Waals surface area contributed by atoms with Gasteiger partial charge in [0.25, 0.3) is 0 Å². The van der Waals surface area contributed by atoms with E-state index >= 15 is 0 Å². The van der Waals surface area contributed by atoms with Crippen molar-refractivity contribution in [3.05, 3.63) is 85.1 Å². The first kappa shape index (κ1) is 67.6. The van der Waals surface area contributed by atoms with Crippen molar-refractivity contribution in [1.29, 1.82) is 0 Å². The standard InChI is InChI=1S/C65H112O6/c1-4-7-10-13-16-19-22-25-28-30-31-32-33-35-37-40-43-46-49-52-55-58-64(67)70-61-62(60-69-63(66)57-54-51-48-45-42-39-36-27-24-21-18-15-12-9-6-3)71-65(68)59-56-53-50-47-44-41-38-34-29-26-23-20-17-14-11-8-5-2/h9,12,18,21-22,25-27,29-31,36,42,45,62H,4-8,10-11,13-17,19-20,23-24,28,32-35,37-41,43-44,46-61H2,1-3H3/b12-9-,21-18-,25-22-,29-26-,31-30-,36-27-,45-42-. The van der Waals surface area contributed by atoms with Crippen LogP contribution in [-0.4, -0.2) is 37.2 Å². The van der Waals surface area contributed by atoms with Crippen molar-refractivity contribution >= 4 is 17.9 Å². The van der Waals surface area contributed by atoms with Gasteiger partial charge in [0.15, 0.2) is 6.10 Å². The van der Waals surface area contributed by atoms with Crippen molar-refractivity contribution in [2.24, 2.45) is 0 Å². The number of carbonyl (C=O) groups is 3. The maximum atomic E-state index is 12.9. The monoisotopic (exact) mass is 989 g/mol. The smallest absolute Gasteiger partial charge is 0.306 e. The lowest BCUT2D eigenvalue weighted by molar-refractivity contribution is -0.167. The molecule has 71 heavy (non-hydrogen) atoms. The summed E-state index contributed by atoms with van der Waals surface area (Å²) in [7, 11) is 0. The molecule has 0 fully saturated rings. The van der Waals surface area contributed by atoms with Gasteiger partial charge < -0.3 is 14.2 Å². The van der Waals surface area contributed by atoms with E-state index in [1.807, 2.05) is 0 Å². The van der Waals surface area contributed by atoms with Gasteiger partial charge >= 0.3 is 17.9 Å². The van der Waals surface area contributed by atoms with Gasteiger partial charge in [-0.15, -0.1) is 0 Å². The fraction of sp³-hybridized carbons (Fsp3) is 0.738. The van der Waals surface area contributed by atoms with Crippen LogP contribution in [-0.2, 0) is 28.6 Å². The number of ether oxygens (including phenoxy) is 3. The third-order valence-electron chi connectivity index (χ3n) is 12.9. The van der Waals surface area contributed by atoms with E-state index in [1.54, 1.807) is 0 Å². The summed E-state index contributed by atoms with van der Waals surface area (Å²) in [6.45, 7) is 6.49. The molecule has 0 aliphatic rings. The number of unbranched alkanes of at least 4 members (excludes halogenated alkanes) is 29. The Labute approximate surface area is 439 Å². The molecule has 0 amide bonds. The number of carbonyl (C=O) groups excluding carboxylic acids is 3. The number of hydrogen-bond acceptors (Lipinski definition) is 6. The molecule has 0 radical (unpaired) electrons. The van der Waals surface area contributed by atoms with E-state index in [0.717, 1.165) is 89.9 Å². The van der Waals surface area contributed by atoms with E-state index in [2.05, 4.69) is 106 Å². The molecule has 0 bridgehead atoms. The Bertz CT molecular complexity index is 1370. The van der Waals surface area contributed by atoms with Gasteiger partial charge in [-0.25, -0.2) is 0 Å². The Kier molecular flexibility index (Phi) is 56.3. The van der Waals surface area contributed by atoms with E-state index in [4.69, 9.17) is 14.2 Å². The van der Waals surface area contributed by atoms with Crippen LogP contribution in [0, 0.1) is 0 Å². The highest BCUT2D eigenvalue weighted by molar-refractivity contribution is 5.71. The molecular weight excluding hydrogens is 877 g/mol. The highest BCUT2D eigenvalue weighted by Gasteiger charge is 2.19. The Morgan fingerprint density at radius 3 is 0.901 bits per heavy atom. The molecule has 1 atom stereocenters. The molecule has 0 aromatic heterocycles. The quantitative estimate of drug-likeness (QED) is 0.0261. The second kappa shape index (κ2) is 59.2. The zero-order valence-electron chi connectivity index (χ0n) is 46.7. The molecule has 0 aromatic carbocycles. The summed E-state index contributed by atoms with van der Waals surface area (Å²) < 4.78 is 16.9. The van der Waals surface area contributed by atoms with Crippen LogP contribution < -0.4 is 0 Å². The van der Waals surface area contributed by atoms with Crippen molar-refractivity contribution in [3.8, 4) is 0 Å². The summed E-state index contributed by atoms with van der Waals surface area (Å²) in [6, 6.07) is 0. The fourth-order valence-corrected chi connectivity index (χ4v) is 8.34. The predicted octanol–water partition coefficient (Wildman–Crippen LogP) is 20.3. The Morgan fingerprint density at radius 1 is 0.296 bits per heavy atom. The summed E-state index contributed by atoms with van der Waals surface area (Å²) in [5.74, 6) is -0.937. The third-order valence-corrected chi connectivity index (χ3v) is 12.9. The normalized spacial score (nSPS) is 12.7. The Hall–Kier alpha value is -3.41. The molecule has 1 unspecified atom stereocenters. The van der Waals surface area contributed by atoms with Gasteiger partial charge in [0.1, 0.15) is 13.2 Å². The highest BCUT2D eigenvalue weighted by Crippen LogP contribution is 2.15. The van der Waals surface area contributed by atoms with E-state index in [9.17, 15) is 14.4 Å². The molecule has 0 spiro atoms. The molecule has 0 rings (SSSR count). The van der Waals surface area contributed by atoms with E-state index < -0.39 is 6.10 Å². The third kappa shape index (κ3) is 57.4. The Morgan fingerprint density at radius 2 is 0.549 bits per heavy atom. The van der Waals surface area contributed by atoms with Crippen LogP contribution in [0.25, 0.3) is 0 Å². The van der Waals surface area contributed by atoms with Crippen molar-refractivity contribution in [2.75, 3.05) is 13.2 Å². The fourth-order valence-electron chi connectivity index (χ4n) is 8.34. The number of allylic oxidation sites excluding steroid dienone is 14. The van der Waals surface area contributed by atoms with E-state index in [0.29, 0.717) is 19.3 Å². The van der Waals surface area contributed by atoms with Gasteiger partial charge in [-0.05, 0) is 116 Å². The van der Waals surface area contributed by atoms with Crippen LogP contribution in [0.2, 0.25) is 0 Å². The van der Waals surface area contributed by atoms with Gasteiger partial charge in [0.05, 0.1) is 0 Å². The summed E-state index contributed by atoms with van der Waals surface area (Å²) in [5.41, 5.74) is 0. The minimum Gasteiger partial charge on any atom is -0.462 e. The maximum absolute atomic E-state index is 12.9. The van der Waals surface area contributed by atoms with Crippen molar-refractivity contribution in [3.63, 3.8) is 0 Å². The highest BCUT2D eigenvalue weighted by atomic mass is 16.6. The zero-order chi connectivity index (χ0) is 51.4. The van der Waals surface area contributed by atoms with Gasteiger partial charge in [-0.2, -0.15) is 0 Å². The number of esters is 3. The first-order valence-corrected chi connectivity index (χ1v) is 30.1. The van der Waals surface area contributed by atoms with Gasteiger partial charge in [0.2, 0.25) is 0 Å². The minimum atomic E-state index is -0.799. The van der Waals surface area contributed by atoms with Gasteiger partial charge in [-0.3, -0.25) is 14.4 Å². The van der Waals surface area contributed by atoms with Crippen LogP contribution in [0.4, 0.5) is 0 Å². The van der Waals surface area contributed by atoms with Crippen molar-refractivity contribution in [1.82, 2.24) is 0 Å². The summed E-state index contributed by atoms with van der Waals surface area (Å²) in [4.78, 5) is 38.2. The summed E-state index contributed by atoms with van der Waals surface area (Å²) in [6.07, 6.45) is 77.2. The average molecular weight is 990 g/mol. The van der Waals surface area contributed by atoms with Crippen LogP contribution >= 0.6 is 0 Å². The molecular formula is C65H112O6. The molecule has 6 heteroatoms. The lowest BCUT2D eigenvalue weighted by Crippen LogP contribution is -2.30. The molecule has 0 aromatic rings. The molecule has 0 saturated heterocycles. The first-order valence-electron chi connectivity index (χ1n) is 30.1. The molecule has 0 N–H and O–H groups in total. The number of rotatable bonds is 54. The van der Waals surface area contributed by atoms with Crippen LogP contribution in [0.5, 0.6) is 0 Å². The van der Waals surface area contributed by atoms with E-state index in [-0.39, 0.29) is 31.1 Å². The topological polar surface area (TPSA) is 78.9 Å². The SMILES string of the molecule is CC/C=C\C/C=C\C/C=C\C/C=C\CCCCC(=O)OCC(COC(=O)CCCCCCCCCCC/C=C\C/C=C\CCCCCCC)OC(=O)CCCCCCCCC/C=C\CCCCCCCC. The number of hydrogen-bond donors (Lipinski definition) is 0. The van der Waals surface area contributed by atoms with Gasteiger partial charge in [0, 0.05) is 19.3 Å². The lowest BCUT2D eigenvalue weighted by atomic mass is 10.1. The maximum Gasteiger partial charge on any atom is 0.306 e. The molecule has 0 heterocycles. The second-order valence-corrected chi connectivity index (χ2v) is 19.9. The molecule has 0 aliphatic carbocycles. The molecule has 6 nitrogen and oxygen atoms in total. The average Bonchev–Trinajstić information content (AvgIpc) is 3.37. The van der Waals surface area contributed by atoms with Crippen molar-refractivity contribution in [2.45, 2.75) is 297 Å². The largest absolute Gasteiger partial charge is 0.462 e. The summed E-state index contributed by atoms with van der Waals surface area (Å²) >= 11 is 0. The van der Waals surface area contributed by atoms with E-state index in [1.165, 1.54) is 161 Å². The molecule has 408 valence electrons. The second-order valence-electron chi connectivity index (χ2n) is 19.9. The predicted molar refractivity (Wildman–Crippen MR) is 307 cm³/mol. The zero-order valence-corrected chi connectivity index (χ0v) is 46.7. The summed E-state index contributed by atoms with van der Waals surface area (Å²) in [5, 5.41) is 0. The minimum absolute atomic E-state index is 0.0932. The Balaban J connectivity index is 4.41. The lowest BCUT2D eigenvalue weighted by Gasteiger charge is -2.18. The van der Waals surface area contributed by atoms with Crippen molar-refractivity contribution < 1.29 is 28.6 Å². The van der Waals surface area contributed by atoms with Crippen LogP contribution in [0.1, 0.15) is 290 Å². The van der Waals surface area contributed by atoms with Crippen LogP contribution in [0.3, 0.4) is 0 Å². The van der Waals surface area contributed by atoms with Crippen LogP contribution in [0.15, 0.2) is 85.1 Å².